The standard InChI is InChI=1S/C13H25N/c1-3-5-11-7-9-12(10-8-11)13(14)6-4-2/h4,11-13H,2-3,5-10,14H2,1H3. The van der Waals surface area contributed by atoms with Crippen LogP contribution in [0.3, 0.4) is 0 Å². The fourth-order valence-electron chi connectivity index (χ4n) is 2.70. The Morgan fingerprint density at radius 3 is 2.50 bits per heavy atom. The third kappa shape index (κ3) is 3.45. The maximum Gasteiger partial charge on any atom is 0.0102 e. The Hall–Kier alpha value is -0.300. The Labute approximate surface area is 88.8 Å². The van der Waals surface area contributed by atoms with Gasteiger partial charge < -0.3 is 5.73 Å². The van der Waals surface area contributed by atoms with E-state index in [-0.39, 0.29) is 0 Å². The molecule has 0 heterocycles. The van der Waals surface area contributed by atoms with Crippen molar-refractivity contribution in [2.75, 3.05) is 0 Å². The zero-order valence-corrected chi connectivity index (χ0v) is 9.54. The van der Waals surface area contributed by atoms with E-state index in [2.05, 4.69) is 13.5 Å². The number of nitrogens with two attached hydrogens (primary N) is 1. The van der Waals surface area contributed by atoms with Gasteiger partial charge in [-0.15, -0.1) is 6.58 Å². The lowest BCUT2D eigenvalue weighted by molar-refractivity contribution is 0.234. The average Bonchev–Trinajstić information content (AvgIpc) is 2.20. The quantitative estimate of drug-likeness (QED) is 0.668. The van der Waals surface area contributed by atoms with E-state index in [1.807, 2.05) is 6.08 Å². The van der Waals surface area contributed by atoms with E-state index in [0.29, 0.717) is 6.04 Å². The topological polar surface area (TPSA) is 26.0 Å². The van der Waals surface area contributed by atoms with Gasteiger partial charge in [0.05, 0.1) is 0 Å². The summed E-state index contributed by atoms with van der Waals surface area (Å²) >= 11 is 0. The second kappa shape index (κ2) is 6.23. The van der Waals surface area contributed by atoms with Crippen LogP contribution in [0.25, 0.3) is 0 Å². The molecule has 0 aromatic heterocycles. The highest BCUT2D eigenvalue weighted by Crippen LogP contribution is 2.33. The maximum absolute atomic E-state index is 6.11. The smallest absolute Gasteiger partial charge is 0.0102 e. The fraction of sp³-hybridized carbons (Fsp3) is 0.846. The number of rotatable bonds is 5. The molecule has 0 bridgehead atoms. The summed E-state index contributed by atoms with van der Waals surface area (Å²) in [5.74, 6) is 1.76. The van der Waals surface area contributed by atoms with Crippen LogP contribution in [0.15, 0.2) is 12.7 Å². The van der Waals surface area contributed by atoms with Crippen LogP contribution in [-0.4, -0.2) is 6.04 Å². The van der Waals surface area contributed by atoms with Gasteiger partial charge in [-0.05, 0) is 31.1 Å². The zero-order valence-electron chi connectivity index (χ0n) is 9.54. The van der Waals surface area contributed by atoms with Crippen LogP contribution >= 0.6 is 0 Å². The summed E-state index contributed by atoms with van der Waals surface area (Å²) in [6.45, 7) is 6.05. The van der Waals surface area contributed by atoms with Gasteiger partial charge in [-0.2, -0.15) is 0 Å². The molecule has 0 amide bonds. The molecule has 82 valence electrons. The van der Waals surface area contributed by atoms with Crippen molar-refractivity contribution < 1.29 is 0 Å². The van der Waals surface area contributed by atoms with E-state index >= 15 is 0 Å². The van der Waals surface area contributed by atoms with E-state index in [0.717, 1.165) is 18.3 Å². The monoisotopic (exact) mass is 195 g/mol. The molecule has 1 fully saturated rings. The minimum absolute atomic E-state index is 0.370. The van der Waals surface area contributed by atoms with Gasteiger partial charge in [-0.25, -0.2) is 0 Å². The molecule has 14 heavy (non-hydrogen) atoms. The van der Waals surface area contributed by atoms with Gasteiger partial charge in [0.15, 0.2) is 0 Å². The third-order valence-corrected chi connectivity index (χ3v) is 3.63. The van der Waals surface area contributed by atoms with E-state index in [9.17, 15) is 0 Å². The Morgan fingerprint density at radius 1 is 1.36 bits per heavy atom. The summed E-state index contributed by atoms with van der Waals surface area (Å²) in [6, 6.07) is 0.370. The molecule has 1 nitrogen and oxygen atoms in total. The molecule has 1 aliphatic carbocycles. The second-order valence-corrected chi connectivity index (χ2v) is 4.76. The zero-order chi connectivity index (χ0) is 10.4. The first-order valence-electron chi connectivity index (χ1n) is 6.14. The second-order valence-electron chi connectivity index (χ2n) is 4.76. The normalized spacial score (nSPS) is 29.9. The summed E-state index contributed by atoms with van der Waals surface area (Å²) < 4.78 is 0. The van der Waals surface area contributed by atoms with Gasteiger partial charge in [0.1, 0.15) is 0 Å². The molecule has 0 spiro atoms. The fourth-order valence-corrected chi connectivity index (χ4v) is 2.70. The van der Waals surface area contributed by atoms with Crippen molar-refractivity contribution in [3.05, 3.63) is 12.7 Å². The van der Waals surface area contributed by atoms with E-state index in [1.54, 1.807) is 0 Å². The third-order valence-electron chi connectivity index (χ3n) is 3.63. The van der Waals surface area contributed by atoms with Crippen LogP contribution in [-0.2, 0) is 0 Å². The largest absolute Gasteiger partial charge is 0.327 e. The van der Waals surface area contributed by atoms with Gasteiger partial charge in [0.2, 0.25) is 0 Å². The molecule has 1 unspecified atom stereocenters. The molecule has 0 radical (unpaired) electrons. The van der Waals surface area contributed by atoms with E-state index < -0.39 is 0 Å². The lowest BCUT2D eigenvalue weighted by Gasteiger charge is -2.31. The van der Waals surface area contributed by atoms with Gasteiger partial charge >= 0.3 is 0 Å². The van der Waals surface area contributed by atoms with Gasteiger partial charge in [-0.1, -0.05) is 38.7 Å². The summed E-state index contributed by atoms with van der Waals surface area (Å²) in [7, 11) is 0. The number of hydrogen-bond acceptors (Lipinski definition) is 1. The number of hydrogen-bond donors (Lipinski definition) is 1. The van der Waals surface area contributed by atoms with Crippen molar-refractivity contribution in [1.29, 1.82) is 0 Å². The Morgan fingerprint density at radius 2 is 2.00 bits per heavy atom. The van der Waals surface area contributed by atoms with Gasteiger partial charge in [0, 0.05) is 6.04 Å². The summed E-state index contributed by atoms with van der Waals surface area (Å²) in [4.78, 5) is 0. The molecule has 0 aromatic carbocycles. The predicted octanol–water partition coefficient (Wildman–Crippen LogP) is 3.50. The van der Waals surface area contributed by atoms with E-state index in [4.69, 9.17) is 5.73 Å². The van der Waals surface area contributed by atoms with Gasteiger partial charge in [-0.3, -0.25) is 0 Å². The lowest BCUT2D eigenvalue weighted by Crippen LogP contribution is -2.32. The molecule has 0 aromatic rings. The average molecular weight is 195 g/mol. The molecule has 0 saturated heterocycles. The Bertz CT molecular complexity index is 157. The maximum atomic E-state index is 6.11. The first kappa shape index (κ1) is 11.8. The molecule has 0 aliphatic heterocycles. The first-order valence-corrected chi connectivity index (χ1v) is 6.14. The van der Waals surface area contributed by atoms with E-state index in [1.165, 1.54) is 38.5 Å². The van der Waals surface area contributed by atoms with Crippen molar-refractivity contribution in [2.24, 2.45) is 17.6 Å². The van der Waals surface area contributed by atoms with Crippen LogP contribution in [0, 0.1) is 11.8 Å². The van der Waals surface area contributed by atoms with Crippen LogP contribution in [0.5, 0.6) is 0 Å². The van der Waals surface area contributed by atoms with Crippen LogP contribution in [0.1, 0.15) is 51.9 Å². The Kier molecular flexibility index (Phi) is 5.24. The molecule has 2 N–H and O–H groups in total. The van der Waals surface area contributed by atoms with Crippen molar-refractivity contribution in [3.63, 3.8) is 0 Å². The minimum atomic E-state index is 0.370. The molecule has 1 saturated carbocycles. The summed E-state index contributed by atoms with van der Waals surface area (Å²) in [5.41, 5.74) is 6.11. The lowest BCUT2D eigenvalue weighted by atomic mass is 9.76. The van der Waals surface area contributed by atoms with Crippen molar-refractivity contribution in [3.8, 4) is 0 Å². The molecule has 1 heteroatoms. The van der Waals surface area contributed by atoms with Crippen molar-refractivity contribution >= 4 is 0 Å². The molecular formula is C13H25N. The summed E-state index contributed by atoms with van der Waals surface area (Å²) in [6.07, 6.45) is 11.2. The first-order chi connectivity index (χ1) is 6.77. The van der Waals surface area contributed by atoms with Crippen molar-refractivity contribution in [2.45, 2.75) is 57.9 Å². The molecule has 1 aliphatic rings. The van der Waals surface area contributed by atoms with Crippen LogP contribution in [0.4, 0.5) is 0 Å². The Balaban J connectivity index is 2.24. The van der Waals surface area contributed by atoms with Crippen LogP contribution < -0.4 is 5.73 Å². The predicted molar refractivity (Wildman–Crippen MR) is 63.1 cm³/mol. The minimum Gasteiger partial charge on any atom is -0.327 e. The molecular weight excluding hydrogens is 170 g/mol. The molecule has 1 atom stereocenters. The van der Waals surface area contributed by atoms with Crippen LogP contribution in [0.2, 0.25) is 0 Å². The summed E-state index contributed by atoms with van der Waals surface area (Å²) in [5, 5.41) is 0. The highest BCUT2D eigenvalue weighted by molar-refractivity contribution is 4.84. The highest BCUT2D eigenvalue weighted by Gasteiger charge is 2.24. The molecule has 1 rings (SSSR count). The SMILES string of the molecule is C=CCC(N)C1CCC(CCC)CC1. The highest BCUT2D eigenvalue weighted by atomic mass is 14.6. The van der Waals surface area contributed by atoms with Gasteiger partial charge in [0.25, 0.3) is 0 Å². The van der Waals surface area contributed by atoms with Crippen molar-refractivity contribution in [1.82, 2.24) is 0 Å².